The molecule has 10 heteroatoms. The highest BCUT2D eigenvalue weighted by molar-refractivity contribution is 5.72. The first kappa shape index (κ1) is 18.1. The number of nitrogens with zero attached hydrogens (tertiary/aromatic N) is 1. The van der Waals surface area contributed by atoms with Crippen LogP contribution in [0.25, 0.3) is 0 Å². The van der Waals surface area contributed by atoms with E-state index in [0.717, 1.165) is 6.07 Å². The van der Waals surface area contributed by atoms with Crippen LogP contribution in [0.15, 0.2) is 6.07 Å². The summed E-state index contributed by atoms with van der Waals surface area (Å²) in [6.45, 7) is 1.12. The van der Waals surface area contributed by atoms with Crippen LogP contribution in [0.4, 0.5) is 22.0 Å². The lowest BCUT2D eigenvalue weighted by Crippen LogP contribution is -2.21. The molecule has 0 unspecified atom stereocenters. The first-order valence-corrected chi connectivity index (χ1v) is 6.10. The van der Waals surface area contributed by atoms with Gasteiger partial charge >= 0.3 is 12.3 Å². The third kappa shape index (κ3) is 5.10. The van der Waals surface area contributed by atoms with Crippen molar-refractivity contribution >= 4 is 5.97 Å². The van der Waals surface area contributed by atoms with Gasteiger partial charge in [-0.25, -0.2) is 13.8 Å². The molecule has 0 radical (unpaired) electrons. The predicted molar refractivity (Wildman–Crippen MR) is 64.1 cm³/mol. The summed E-state index contributed by atoms with van der Waals surface area (Å²) in [5, 5.41) is 0. The average molecular weight is 328 g/mol. The summed E-state index contributed by atoms with van der Waals surface area (Å²) < 4.78 is 70.9. The molecule has 22 heavy (non-hydrogen) atoms. The predicted octanol–water partition coefficient (Wildman–Crippen LogP) is 2.48. The number of esters is 1. The molecular weight excluding hydrogens is 315 g/mol. The summed E-state index contributed by atoms with van der Waals surface area (Å²) in [5.74, 6) is -1.89. The Balaban J connectivity index is 3.25. The number of hydrogen-bond acceptors (Lipinski definition) is 5. The van der Waals surface area contributed by atoms with Gasteiger partial charge in [0.15, 0.2) is 5.75 Å². The quantitative estimate of drug-likeness (QED) is 0.641. The Hall–Kier alpha value is -1.97. The van der Waals surface area contributed by atoms with Crippen molar-refractivity contribution in [1.29, 1.82) is 0 Å². The lowest BCUT2D eigenvalue weighted by Gasteiger charge is -2.17. The van der Waals surface area contributed by atoms with Crippen LogP contribution < -0.4 is 10.5 Å². The summed E-state index contributed by atoms with van der Waals surface area (Å²) >= 11 is 0. The molecule has 1 aromatic heterocycles. The van der Waals surface area contributed by atoms with Crippen molar-refractivity contribution in [3.8, 4) is 5.75 Å². The van der Waals surface area contributed by atoms with Crippen LogP contribution in [0.1, 0.15) is 30.3 Å². The van der Waals surface area contributed by atoms with Crippen molar-refractivity contribution in [3.05, 3.63) is 23.0 Å². The molecule has 0 saturated heterocycles. The van der Waals surface area contributed by atoms with Crippen LogP contribution in [0, 0.1) is 0 Å². The summed E-state index contributed by atoms with van der Waals surface area (Å²) in [7, 11) is 0. The maximum Gasteiger partial charge on any atom is 0.573 e. The van der Waals surface area contributed by atoms with Crippen molar-refractivity contribution in [3.63, 3.8) is 0 Å². The second-order valence-electron chi connectivity index (χ2n) is 4.02. The third-order valence-corrected chi connectivity index (χ3v) is 2.40. The molecule has 0 saturated carbocycles. The fourth-order valence-corrected chi connectivity index (χ4v) is 1.65. The fourth-order valence-electron chi connectivity index (χ4n) is 1.65. The van der Waals surface area contributed by atoms with E-state index in [2.05, 4.69) is 14.5 Å². The largest absolute Gasteiger partial charge is 0.573 e. The van der Waals surface area contributed by atoms with Gasteiger partial charge in [-0.2, -0.15) is 0 Å². The normalized spacial score (nSPS) is 11.6. The van der Waals surface area contributed by atoms with Gasteiger partial charge in [0.2, 0.25) is 0 Å². The molecule has 0 spiro atoms. The summed E-state index contributed by atoms with van der Waals surface area (Å²) in [6, 6.07) is 1.00. The summed E-state index contributed by atoms with van der Waals surface area (Å²) in [6.07, 6.45) is -8.96. The Morgan fingerprint density at radius 2 is 2.05 bits per heavy atom. The van der Waals surface area contributed by atoms with E-state index < -0.39 is 43.2 Å². The number of rotatable bonds is 6. The van der Waals surface area contributed by atoms with Gasteiger partial charge in [-0.15, -0.1) is 13.2 Å². The monoisotopic (exact) mass is 328 g/mol. The molecule has 124 valence electrons. The van der Waals surface area contributed by atoms with Crippen molar-refractivity contribution in [2.24, 2.45) is 5.73 Å². The molecular formula is C12H13F5N2O3. The smallest absolute Gasteiger partial charge is 0.466 e. The molecule has 0 aliphatic heterocycles. The van der Waals surface area contributed by atoms with Crippen LogP contribution >= 0.6 is 0 Å². The van der Waals surface area contributed by atoms with Crippen molar-refractivity contribution < 1.29 is 36.2 Å². The van der Waals surface area contributed by atoms with Gasteiger partial charge in [-0.1, -0.05) is 0 Å². The van der Waals surface area contributed by atoms with E-state index in [1.807, 2.05) is 0 Å². The molecule has 1 heterocycles. The highest BCUT2D eigenvalue weighted by atomic mass is 19.4. The SMILES string of the molecule is CCOC(=O)Cc1cc(CN)c(OC(F)(F)F)c(C(F)F)n1. The molecule has 0 atom stereocenters. The van der Waals surface area contributed by atoms with Crippen LogP contribution in [0.2, 0.25) is 0 Å². The number of pyridine rings is 1. The standard InChI is InChI=1S/C12H13F5N2O3/c1-2-21-8(20)4-7-3-6(5-18)10(22-12(15,16)17)9(19-7)11(13)14/h3,11H,2,4-5,18H2,1H3. The van der Waals surface area contributed by atoms with Gasteiger partial charge in [0, 0.05) is 12.1 Å². The molecule has 0 aliphatic carbocycles. The Labute approximate surface area is 122 Å². The van der Waals surface area contributed by atoms with Crippen LogP contribution in [-0.4, -0.2) is 23.9 Å². The minimum atomic E-state index is -5.17. The van der Waals surface area contributed by atoms with E-state index in [9.17, 15) is 26.7 Å². The highest BCUT2D eigenvalue weighted by Gasteiger charge is 2.35. The maximum atomic E-state index is 12.9. The molecule has 5 nitrogen and oxygen atoms in total. The van der Waals surface area contributed by atoms with Crippen LogP contribution in [0.3, 0.4) is 0 Å². The number of halogens is 5. The van der Waals surface area contributed by atoms with Gasteiger partial charge in [-0.3, -0.25) is 4.79 Å². The van der Waals surface area contributed by atoms with E-state index in [4.69, 9.17) is 5.73 Å². The first-order valence-electron chi connectivity index (χ1n) is 6.10. The molecule has 0 aliphatic rings. The summed E-state index contributed by atoms with van der Waals surface area (Å²) in [5.41, 5.74) is 3.53. The van der Waals surface area contributed by atoms with Crippen LogP contribution in [0.5, 0.6) is 5.75 Å². The van der Waals surface area contributed by atoms with E-state index in [-0.39, 0.29) is 17.9 Å². The number of ether oxygens (including phenoxy) is 2. The number of aromatic nitrogens is 1. The first-order chi connectivity index (χ1) is 10.2. The molecule has 1 rings (SSSR count). The Kier molecular flexibility index (Phi) is 6.03. The van der Waals surface area contributed by atoms with Gasteiger partial charge in [0.25, 0.3) is 6.43 Å². The van der Waals surface area contributed by atoms with Crippen LogP contribution in [-0.2, 0) is 22.5 Å². The zero-order valence-electron chi connectivity index (χ0n) is 11.4. The lowest BCUT2D eigenvalue weighted by molar-refractivity contribution is -0.275. The number of hydrogen-bond donors (Lipinski definition) is 1. The number of carbonyl (C=O) groups is 1. The lowest BCUT2D eigenvalue weighted by atomic mass is 10.1. The molecule has 2 N–H and O–H groups in total. The molecule has 0 amide bonds. The minimum absolute atomic E-state index is 0.0690. The molecule has 0 bridgehead atoms. The summed E-state index contributed by atoms with van der Waals surface area (Å²) in [4.78, 5) is 14.7. The van der Waals surface area contributed by atoms with Gasteiger partial charge in [0.1, 0.15) is 5.69 Å². The second-order valence-corrected chi connectivity index (χ2v) is 4.02. The van der Waals surface area contributed by atoms with Crippen molar-refractivity contribution in [2.75, 3.05) is 6.61 Å². The average Bonchev–Trinajstić information content (AvgIpc) is 2.38. The molecule has 1 aromatic rings. The van der Waals surface area contributed by atoms with Gasteiger partial charge in [-0.05, 0) is 13.0 Å². The number of alkyl halides is 5. The Morgan fingerprint density at radius 1 is 1.41 bits per heavy atom. The topological polar surface area (TPSA) is 74.4 Å². The zero-order valence-corrected chi connectivity index (χ0v) is 11.4. The minimum Gasteiger partial charge on any atom is -0.466 e. The molecule has 0 fully saturated rings. The fraction of sp³-hybridized carbons (Fsp3) is 0.500. The second kappa shape index (κ2) is 7.34. The van der Waals surface area contributed by atoms with Crippen molar-refractivity contribution in [2.45, 2.75) is 32.7 Å². The highest BCUT2D eigenvalue weighted by Crippen LogP contribution is 2.35. The number of carbonyl (C=O) groups excluding carboxylic acids is 1. The third-order valence-electron chi connectivity index (χ3n) is 2.40. The number of nitrogens with two attached hydrogens (primary N) is 1. The van der Waals surface area contributed by atoms with E-state index in [0.29, 0.717) is 0 Å². The van der Waals surface area contributed by atoms with Gasteiger partial charge in [0.05, 0.1) is 18.7 Å². The maximum absolute atomic E-state index is 12.9. The van der Waals surface area contributed by atoms with Crippen molar-refractivity contribution in [1.82, 2.24) is 4.98 Å². The zero-order chi connectivity index (χ0) is 16.9. The Bertz CT molecular complexity index is 534. The van der Waals surface area contributed by atoms with E-state index in [1.165, 1.54) is 0 Å². The Morgan fingerprint density at radius 3 is 2.50 bits per heavy atom. The van der Waals surface area contributed by atoms with E-state index >= 15 is 0 Å². The van der Waals surface area contributed by atoms with Gasteiger partial charge < -0.3 is 15.2 Å². The molecule has 0 aromatic carbocycles. The van der Waals surface area contributed by atoms with E-state index in [1.54, 1.807) is 6.92 Å².